The van der Waals surface area contributed by atoms with Crippen LogP contribution < -0.4 is 21.8 Å². The van der Waals surface area contributed by atoms with Crippen molar-refractivity contribution in [1.82, 2.24) is 15.2 Å². The van der Waals surface area contributed by atoms with Gasteiger partial charge in [0.15, 0.2) is 0 Å². The summed E-state index contributed by atoms with van der Waals surface area (Å²) in [4.78, 5) is 31.1. The molecule has 0 bridgehead atoms. The molecule has 4 atom stereocenters. The van der Waals surface area contributed by atoms with Crippen LogP contribution in [0, 0.1) is 11.3 Å². The Morgan fingerprint density at radius 3 is 2.50 bits per heavy atom. The van der Waals surface area contributed by atoms with E-state index in [0.29, 0.717) is 42.0 Å². The first-order chi connectivity index (χ1) is 17.0. The molecule has 0 aromatic heterocycles. The number of benzene rings is 1. The quantitative estimate of drug-likeness (QED) is 0.346. The maximum atomic E-state index is 13.8. The van der Waals surface area contributed by atoms with Gasteiger partial charge in [-0.15, -0.1) is 0 Å². The molecule has 0 radical (unpaired) electrons. The summed E-state index contributed by atoms with van der Waals surface area (Å²) in [6.45, 7) is 8.57. The number of rotatable bonds is 8. The van der Waals surface area contributed by atoms with Gasteiger partial charge in [-0.25, -0.2) is 5.01 Å². The Morgan fingerprint density at radius 1 is 1.14 bits per heavy atom. The molecule has 3 fully saturated rings. The van der Waals surface area contributed by atoms with Gasteiger partial charge in [0.1, 0.15) is 12.1 Å². The summed E-state index contributed by atoms with van der Waals surface area (Å²) >= 11 is 12.2. The van der Waals surface area contributed by atoms with Crippen molar-refractivity contribution in [3.8, 4) is 0 Å². The fourth-order valence-electron chi connectivity index (χ4n) is 5.58. The van der Waals surface area contributed by atoms with Crippen molar-refractivity contribution in [2.75, 3.05) is 31.1 Å². The molecule has 2 aliphatic heterocycles. The highest BCUT2D eigenvalue weighted by Crippen LogP contribution is 2.34. The van der Waals surface area contributed by atoms with Gasteiger partial charge >= 0.3 is 0 Å². The monoisotopic (exact) mass is 538 g/mol. The lowest BCUT2D eigenvalue weighted by Gasteiger charge is -2.40. The van der Waals surface area contributed by atoms with Crippen molar-refractivity contribution in [2.45, 2.75) is 77.0 Å². The first-order valence-corrected chi connectivity index (χ1v) is 13.8. The molecule has 8 nitrogen and oxygen atoms in total. The van der Waals surface area contributed by atoms with Crippen LogP contribution in [-0.4, -0.2) is 72.1 Å². The second-order valence-electron chi connectivity index (χ2n) is 11.7. The van der Waals surface area contributed by atoms with Crippen molar-refractivity contribution >= 4 is 40.7 Å². The lowest BCUT2D eigenvalue weighted by Crippen LogP contribution is -2.61. The average Bonchev–Trinajstić information content (AvgIpc) is 3.34. The minimum atomic E-state index is -0.549. The number of carbonyl (C=O) groups is 2. The van der Waals surface area contributed by atoms with Crippen molar-refractivity contribution < 1.29 is 9.59 Å². The van der Waals surface area contributed by atoms with Gasteiger partial charge in [0.2, 0.25) is 11.8 Å². The van der Waals surface area contributed by atoms with E-state index in [1.165, 1.54) is 0 Å². The minimum Gasteiger partial charge on any atom is -0.369 e. The highest BCUT2D eigenvalue weighted by atomic mass is 35.5. The van der Waals surface area contributed by atoms with Gasteiger partial charge in [-0.1, -0.05) is 44.0 Å². The first kappa shape index (κ1) is 27.5. The third-order valence-electron chi connectivity index (χ3n) is 7.68. The van der Waals surface area contributed by atoms with Crippen molar-refractivity contribution in [2.24, 2.45) is 22.9 Å². The number of halogens is 2. The molecule has 2 amide bonds. The van der Waals surface area contributed by atoms with Gasteiger partial charge in [0, 0.05) is 44.0 Å². The molecule has 10 heteroatoms. The molecular weight excluding hydrogens is 499 g/mol. The fourth-order valence-corrected chi connectivity index (χ4v) is 5.88. The SMILES string of the molecule is CC(C)(C)C(C(=O)N1CCCC1C(=O)NC1CCN(c2ccc(Cl)c(Cl)c2)C1)N(N)CC(N)C1CC1. The number of carbonyl (C=O) groups excluding carboxylic acids is 2. The zero-order chi connectivity index (χ0) is 26.2. The Morgan fingerprint density at radius 2 is 1.86 bits per heavy atom. The van der Waals surface area contributed by atoms with E-state index in [0.717, 1.165) is 37.9 Å². The number of hydrazine groups is 1. The molecule has 4 rings (SSSR count). The van der Waals surface area contributed by atoms with E-state index >= 15 is 0 Å². The third kappa shape index (κ3) is 6.27. The van der Waals surface area contributed by atoms with Gasteiger partial charge in [-0.2, -0.15) is 0 Å². The Bertz CT molecular complexity index is 966. The summed E-state index contributed by atoms with van der Waals surface area (Å²) in [7, 11) is 0. The van der Waals surface area contributed by atoms with Crippen LogP contribution in [0.1, 0.15) is 52.9 Å². The second kappa shape index (κ2) is 11.0. The molecule has 5 N–H and O–H groups in total. The molecule has 3 aliphatic rings. The number of nitrogens with two attached hydrogens (primary N) is 2. The summed E-state index contributed by atoms with van der Waals surface area (Å²) in [6.07, 6.45) is 4.53. The van der Waals surface area contributed by atoms with E-state index in [2.05, 4.69) is 10.2 Å². The number of likely N-dealkylation sites (tertiary alicyclic amines) is 1. The van der Waals surface area contributed by atoms with Crippen LogP contribution in [0.2, 0.25) is 10.0 Å². The minimum absolute atomic E-state index is 0.00506. The zero-order valence-electron chi connectivity index (χ0n) is 21.6. The summed E-state index contributed by atoms with van der Waals surface area (Å²) in [5, 5.41) is 5.85. The van der Waals surface area contributed by atoms with Crippen molar-refractivity contribution in [3.63, 3.8) is 0 Å². The smallest absolute Gasteiger partial charge is 0.243 e. The van der Waals surface area contributed by atoms with Gasteiger partial charge in [0.25, 0.3) is 0 Å². The Hall–Kier alpha value is -1.58. The molecule has 4 unspecified atom stereocenters. The van der Waals surface area contributed by atoms with Crippen molar-refractivity contribution in [1.29, 1.82) is 0 Å². The van der Waals surface area contributed by atoms with E-state index in [9.17, 15) is 9.59 Å². The normalized spacial score (nSPS) is 24.3. The van der Waals surface area contributed by atoms with Gasteiger partial charge in [-0.05, 0) is 61.6 Å². The van der Waals surface area contributed by atoms with E-state index in [4.69, 9.17) is 34.8 Å². The third-order valence-corrected chi connectivity index (χ3v) is 8.42. The molecule has 36 heavy (non-hydrogen) atoms. The Kier molecular flexibility index (Phi) is 8.42. The van der Waals surface area contributed by atoms with Crippen LogP contribution in [0.3, 0.4) is 0 Å². The van der Waals surface area contributed by atoms with E-state index in [1.54, 1.807) is 16.0 Å². The van der Waals surface area contributed by atoms with E-state index in [-0.39, 0.29) is 23.9 Å². The largest absolute Gasteiger partial charge is 0.369 e. The van der Waals surface area contributed by atoms with Crippen LogP contribution >= 0.6 is 23.2 Å². The van der Waals surface area contributed by atoms with Crippen molar-refractivity contribution in [3.05, 3.63) is 28.2 Å². The highest BCUT2D eigenvalue weighted by molar-refractivity contribution is 6.42. The number of amides is 2. The molecule has 1 aromatic rings. The van der Waals surface area contributed by atoms with Crippen LogP contribution in [0.15, 0.2) is 18.2 Å². The molecular formula is C26H40Cl2N6O2. The fraction of sp³-hybridized carbons (Fsp3) is 0.692. The first-order valence-electron chi connectivity index (χ1n) is 13.0. The summed E-state index contributed by atoms with van der Waals surface area (Å²) < 4.78 is 0. The lowest BCUT2D eigenvalue weighted by molar-refractivity contribution is -0.146. The topological polar surface area (TPSA) is 108 Å². The molecule has 1 saturated carbocycles. The van der Waals surface area contributed by atoms with Crippen LogP contribution in [0.25, 0.3) is 0 Å². The Labute approximate surface area is 224 Å². The number of hydrogen-bond acceptors (Lipinski definition) is 6. The lowest BCUT2D eigenvalue weighted by atomic mass is 9.85. The summed E-state index contributed by atoms with van der Waals surface area (Å²) in [5.41, 5.74) is 6.91. The van der Waals surface area contributed by atoms with E-state index < -0.39 is 17.5 Å². The number of hydrogen-bond donors (Lipinski definition) is 3. The second-order valence-corrected chi connectivity index (χ2v) is 12.5. The van der Waals surface area contributed by atoms with Crippen LogP contribution in [-0.2, 0) is 9.59 Å². The van der Waals surface area contributed by atoms with Gasteiger partial charge in [-0.3, -0.25) is 15.4 Å². The van der Waals surface area contributed by atoms with Gasteiger partial charge in [0.05, 0.1) is 10.0 Å². The molecule has 1 aromatic carbocycles. The van der Waals surface area contributed by atoms with Crippen LogP contribution in [0.4, 0.5) is 5.69 Å². The summed E-state index contributed by atoms with van der Waals surface area (Å²) in [6, 6.07) is 4.52. The average molecular weight is 540 g/mol. The molecule has 1 aliphatic carbocycles. The maximum absolute atomic E-state index is 13.8. The standard InChI is InChI=1S/C26H40Cl2N6O2/c1-26(2,3)23(34(30)15-21(29)16-6-7-16)25(36)33-11-4-5-22(33)24(35)31-17-10-12-32(14-17)18-8-9-19(27)20(28)13-18/h8-9,13,16-17,21-23H,4-7,10-12,14-15,29-30H2,1-3H3,(H,31,35). The molecule has 2 saturated heterocycles. The molecule has 0 spiro atoms. The number of anilines is 1. The maximum Gasteiger partial charge on any atom is 0.243 e. The number of nitrogens with zero attached hydrogens (tertiary/aromatic N) is 3. The number of nitrogens with one attached hydrogen (secondary N) is 1. The van der Waals surface area contributed by atoms with Crippen LogP contribution in [0.5, 0.6) is 0 Å². The zero-order valence-corrected chi connectivity index (χ0v) is 23.1. The van der Waals surface area contributed by atoms with E-state index in [1.807, 2.05) is 32.9 Å². The van der Waals surface area contributed by atoms with Gasteiger partial charge < -0.3 is 20.9 Å². The Balaban J connectivity index is 1.38. The summed E-state index contributed by atoms with van der Waals surface area (Å²) in [5.74, 6) is 6.78. The highest BCUT2D eigenvalue weighted by Gasteiger charge is 2.44. The predicted molar refractivity (Wildman–Crippen MR) is 145 cm³/mol. The predicted octanol–water partition coefficient (Wildman–Crippen LogP) is 3.01. The molecule has 2 heterocycles. The molecule has 200 valence electrons.